The van der Waals surface area contributed by atoms with Gasteiger partial charge >= 0.3 is 0 Å². The van der Waals surface area contributed by atoms with Crippen molar-refractivity contribution in [3.8, 4) is 0 Å². The normalized spacial score (nSPS) is 13.4. The van der Waals surface area contributed by atoms with Crippen LogP contribution in [0.25, 0.3) is 10.2 Å². The second kappa shape index (κ2) is 20.0. The average Bonchev–Trinajstić information content (AvgIpc) is 3.56. The molecule has 0 spiro atoms. The van der Waals surface area contributed by atoms with E-state index in [1.807, 2.05) is 98.8 Å². The molecule has 13 heteroatoms. The van der Waals surface area contributed by atoms with Gasteiger partial charge in [0.15, 0.2) is 16.8 Å². The molecule has 0 saturated heterocycles. The van der Waals surface area contributed by atoms with E-state index in [9.17, 15) is 24.0 Å². The second-order valence-electron chi connectivity index (χ2n) is 13.6. The first-order chi connectivity index (χ1) is 25.4. The standard InChI is InChI=1S/C40H49N7O5S/c1-25(2)21-32(46-38(52)33(44-26(3)48)23-28-15-8-5-9-16-28)34(49)24-29(22-27-13-6-4-7-14-27)37(51)45-31(18-12-20-43-40(41)42)36(50)39-47-30-17-10-11-19-35(30)53-39/h4-11,13-17,19,25,29,31-33H,12,18,20-24H2,1-3H3,(H,44,48)(H,45,51)(H,46,52)(H4,41,42,43)/t29-,31+,32+,33+/m1/s1. The number of aromatic nitrogens is 1. The summed E-state index contributed by atoms with van der Waals surface area (Å²) in [5.74, 6) is -2.92. The summed E-state index contributed by atoms with van der Waals surface area (Å²) in [4.78, 5) is 76.5. The maximum Gasteiger partial charge on any atom is 0.243 e. The molecule has 4 rings (SSSR count). The van der Waals surface area contributed by atoms with E-state index in [1.54, 1.807) is 0 Å². The first kappa shape index (κ1) is 40.3. The van der Waals surface area contributed by atoms with Crippen molar-refractivity contribution in [3.63, 3.8) is 0 Å². The number of nitrogens with zero attached hydrogens (tertiary/aromatic N) is 2. The van der Waals surface area contributed by atoms with Crippen LogP contribution in [0.5, 0.6) is 0 Å². The quantitative estimate of drug-likeness (QED) is 0.0386. The molecule has 3 amide bonds. The van der Waals surface area contributed by atoms with Crippen molar-refractivity contribution < 1.29 is 24.0 Å². The van der Waals surface area contributed by atoms with Gasteiger partial charge in [0.2, 0.25) is 23.5 Å². The molecule has 1 heterocycles. The summed E-state index contributed by atoms with van der Waals surface area (Å²) in [6, 6.07) is 23.2. The fourth-order valence-electron chi connectivity index (χ4n) is 6.05. The van der Waals surface area contributed by atoms with Gasteiger partial charge in [0.25, 0.3) is 0 Å². The van der Waals surface area contributed by atoms with Crippen LogP contribution in [0, 0.1) is 11.8 Å². The van der Waals surface area contributed by atoms with Gasteiger partial charge < -0.3 is 27.4 Å². The lowest BCUT2D eigenvalue weighted by Gasteiger charge is -2.26. The van der Waals surface area contributed by atoms with Crippen LogP contribution in [-0.4, -0.2) is 64.9 Å². The van der Waals surface area contributed by atoms with E-state index in [2.05, 4.69) is 25.9 Å². The number of nitrogens with two attached hydrogens (primary N) is 2. The number of carbonyl (C=O) groups is 5. The maximum atomic E-state index is 14.2. The van der Waals surface area contributed by atoms with Gasteiger partial charge in [-0.15, -0.1) is 11.3 Å². The van der Waals surface area contributed by atoms with E-state index >= 15 is 0 Å². The van der Waals surface area contributed by atoms with E-state index < -0.39 is 35.9 Å². The molecule has 0 saturated carbocycles. The Kier molecular flexibility index (Phi) is 15.2. The van der Waals surface area contributed by atoms with Gasteiger partial charge in [-0.25, -0.2) is 4.98 Å². The zero-order valence-electron chi connectivity index (χ0n) is 30.4. The largest absolute Gasteiger partial charge is 0.370 e. The molecule has 0 radical (unpaired) electrons. The Hall–Kier alpha value is -5.43. The Morgan fingerprint density at radius 2 is 1.36 bits per heavy atom. The van der Waals surface area contributed by atoms with Gasteiger partial charge in [-0.1, -0.05) is 86.6 Å². The molecule has 12 nitrogen and oxygen atoms in total. The van der Waals surface area contributed by atoms with Crippen LogP contribution >= 0.6 is 11.3 Å². The van der Waals surface area contributed by atoms with Crippen LogP contribution in [0.4, 0.5) is 0 Å². The molecule has 3 aromatic carbocycles. The van der Waals surface area contributed by atoms with Crippen molar-refractivity contribution in [2.45, 2.75) is 77.4 Å². The van der Waals surface area contributed by atoms with Gasteiger partial charge in [-0.3, -0.25) is 29.0 Å². The predicted octanol–water partition coefficient (Wildman–Crippen LogP) is 4.11. The highest BCUT2D eigenvalue weighted by atomic mass is 32.1. The third kappa shape index (κ3) is 12.9. The molecule has 4 aromatic rings. The second-order valence-corrected chi connectivity index (χ2v) is 14.6. The Balaban J connectivity index is 1.58. The van der Waals surface area contributed by atoms with Crippen LogP contribution in [0.1, 0.15) is 67.4 Å². The minimum absolute atomic E-state index is 0.0278. The number of Topliss-reactive ketones (excluding diaryl/α,β-unsaturated/α-hetero) is 2. The minimum Gasteiger partial charge on any atom is -0.370 e. The maximum absolute atomic E-state index is 14.2. The molecule has 0 bridgehead atoms. The topological polar surface area (TPSA) is 199 Å². The van der Waals surface area contributed by atoms with Gasteiger partial charge in [-0.2, -0.15) is 0 Å². The van der Waals surface area contributed by atoms with Crippen molar-refractivity contribution in [1.29, 1.82) is 0 Å². The third-order valence-electron chi connectivity index (χ3n) is 8.62. The van der Waals surface area contributed by atoms with Crippen molar-refractivity contribution in [1.82, 2.24) is 20.9 Å². The number of para-hydroxylation sites is 1. The van der Waals surface area contributed by atoms with E-state index in [4.69, 9.17) is 11.5 Å². The lowest BCUT2D eigenvalue weighted by atomic mass is 9.88. The summed E-state index contributed by atoms with van der Waals surface area (Å²) >= 11 is 1.25. The summed E-state index contributed by atoms with van der Waals surface area (Å²) < 4.78 is 0.844. The zero-order valence-corrected chi connectivity index (χ0v) is 31.2. The molecule has 0 aliphatic rings. The third-order valence-corrected chi connectivity index (χ3v) is 9.67. The molecule has 280 valence electrons. The van der Waals surface area contributed by atoms with Gasteiger partial charge in [-0.05, 0) is 54.9 Å². The van der Waals surface area contributed by atoms with Gasteiger partial charge in [0, 0.05) is 32.2 Å². The smallest absolute Gasteiger partial charge is 0.243 e. The van der Waals surface area contributed by atoms with E-state index in [0.717, 1.165) is 15.8 Å². The summed E-state index contributed by atoms with van der Waals surface area (Å²) in [5.41, 5.74) is 13.4. The molecule has 4 atom stereocenters. The summed E-state index contributed by atoms with van der Waals surface area (Å²) in [7, 11) is 0. The number of benzene rings is 3. The van der Waals surface area contributed by atoms with Crippen LogP contribution in [-0.2, 0) is 32.0 Å². The Morgan fingerprint density at radius 1 is 0.755 bits per heavy atom. The first-order valence-corrected chi connectivity index (χ1v) is 18.6. The molecule has 53 heavy (non-hydrogen) atoms. The van der Waals surface area contributed by atoms with Crippen LogP contribution in [0.2, 0.25) is 0 Å². The van der Waals surface area contributed by atoms with Crippen molar-refractivity contribution in [2.24, 2.45) is 28.3 Å². The van der Waals surface area contributed by atoms with E-state index in [-0.39, 0.29) is 66.6 Å². The summed E-state index contributed by atoms with van der Waals surface area (Å²) in [5, 5.41) is 8.81. The molecule has 1 aromatic heterocycles. The van der Waals surface area contributed by atoms with E-state index in [0.29, 0.717) is 18.4 Å². The number of nitrogens with one attached hydrogen (secondary N) is 3. The molecular weight excluding hydrogens is 691 g/mol. The summed E-state index contributed by atoms with van der Waals surface area (Å²) in [6.07, 6.45) is 1.23. The number of hydrogen-bond acceptors (Lipinski definition) is 8. The monoisotopic (exact) mass is 739 g/mol. The molecule has 0 unspecified atom stereocenters. The number of amides is 3. The SMILES string of the molecule is CC(=O)N[C@@H](Cc1ccccc1)C(=O)N[C@@H](CC(C)C)C(=O)C[C@@H](Cc1ccccc1)C(=O)N[C@@H](CCCN=C(N)N)C(=O)c1nc2ccccc2s1. The van der Waals surface area contributed by atoms with Crippen molar-refractivity contribution in [3.05, 3.63) is 101 Å². The highest BCUT2D eigenvalue weighted by Gasteiger charge is 2.33. The molecular formula is C40H49N7O5S. The number of ketones is 2. The minimum atomic E-state index is -0.951. The average molecular weight is 740 g/mol. The Morgan fingerprint density at radius 3 is 1.96 bits per heavy atom. The number of aliphatic imine (C=N–C) groups is 1. The molecule has 0 fully saturated rings. The fourth-order valence-corrected chi connectivity index (χ4v) is 7.01. The highest BCUT2D eigenvalue weighted by Crippen LogP contribution is 2.24. The number of carbonyl (C=O) groups excluding carboxylic acids is 5. The predicted molar refractivity (Wildman–Crippen MR) is 208 cm³/mol. The van der Waals surface area contributed by atoms with Crippen LogP contribution < -0.4 is 27.4 Å². The Labute approximate surface area is 314 Å². The molecule has 0 aliphatic heterocycles. The van der Waals surface area contributed by atoms with Crippen LogP contribution in [0.15, 0.2) is 89.9 Å². The van der Waals surface area contributed by atoms with Gasteiger partial charge in [0.05, 0.1) is 22.3 Å². The van der Waals surface area contributed by atoms with Crippen molar-refractivity contribution in [2.75, 3.05) is 6.54 Å². The van der Waals surface area contributed by atoms with Crippen molar-refractivity contribution >= 4 is 56.8 Å². The summed E-state index contributed by atoms with van der Waals surface area (Å²) in [6.45, 7) is 5.48. The number of guanidine groups is 1. The van der Waals surface area contributed by atoms with Crippen LogP contribution in [0.3, 0.4) is 0 Å². The molecule has 0 aliphatic carbocycles. The first-order valence-electron chi connectivity index (χ1n) is 17.8. The van der Waals surface area contributed by atoms with Gasteiger partial charge in [0.1, 0.15) is 6.04 Å². The highest BCUT2D eigenvalue weighted by molar-refractivity contribution is 7.20. The Bertz CT molecular complexity index is 1840. The lowest BCUT2D eigenvalue weighted by molar-refractivity contribution is -0.133. The van der Waals surface area contributed by atoms with E-state index in [1.165, 1.54) is 18.3 Å². The lowest BCUT2D eigenvalue weighted by Crippen LogP contribution is -2.53. The zero-order chi connectivity index (χ0) is 38.3. The fraction of sp³-hybridized carbons (Fsp3) is 0.375. The number of rotatable bonds is 20. The number of hydrogen-bond donors (Lipinski definition) is 5. The number of thiazole rings is 1. The number of fused-ring (bicyclic) bond motifs is 1. The molecule has 7 N–H and O–H groups in total.